The van der Waals surface area contributed by atoms with E-state index in [9.17, 15) is 4.79 Å². The molecule has 0 aliphatic rings. The Hall–Kier alpha value is -2.97. The van der Waals surface area contributed by atoms with Crippen molar-refractivity contribution < 1.29 is 9.53 Å². The number of aryl methyl sites for hydroxylation is 2. The third-order valence-corrected chi connectivity index (χ3v) is 6.50. The van der Waals surface area contributed by atoms with Crippen molar-refractivity contribution in [1.82, 2.24) is 14.8 Å². The molecule has 0 spiro atoms. The van der Waals surface area contributed by atoms with Gasteiger partial charge in [0.1, 0.15) is 12.4 Å². The molecular weight excluding hydrogens is 416 g/mol. The van der Waals surface area contributed by atoms with E-state index in [4.69, 9.17) is 4.74 Å². The SMILES string of the molecule is CCn1ncc(-c2csc(NC(=O)c3cc(COc4ccccc4C)cs3)n2)c1C. The number of carbonyl (C=O) groups is 1. The van der Waals surface area contributed by atoms with Crippen LogP contribution in [0.4, 0.5) is 5.13 Å². The van der Waals surface area contributed by atoms with Crippen molar-refractivity contribution in [2.24, 2.45) is 0 Å². The maximum Gasteiger partial charge on any atom is 0.267 e. The van der Waals surface area contributed by atoms with Crippen molar-refractivity contribution in [2.75, 3.05) is 5.32 Å². The summed E-state index contributed by atoms with van der Waals surface area (Å²) in [6.07, 6.45) is 1.82. The molecule has 1 amide bonds. The van der Waals surface area contributed by atoms with E-state index in [1.165, 1.54) is 22.7 Å². The Morgan fingerprint density at radius 3 is 2.80 bits per heavy atom. The molecule has 30 heavy (non-hydrogen) atoms. The highest BCUT2D eigenvalue weighted by molar-refractivity contribution is 7.14. The quantitative estimate of drug-likeness (QED) is 0.411. The number of carbonyl (C=O) groups excluding carboxylic acids is 1. The number of hydrogen-bond acceptors (Lipinski definition) is 6. The number of thiophene rings is 1. The number of hydrogen-bond donors (Lipinski definition) is 1. The lowest BCUT2D eigenvalue weighted by Gasteiger charge is -2.07. The molecule has 154 valence electrons. The highest BCUT2D eigenvalue weighted by Crippen LogP contribution is 2.28. The normalized spacial score (nSPS) is 10.9. The minimum absolute atomic E-state index is 0.163. The second kappa shape index (κ2) is 8.81. The minimum atomic E-state index is -0.163. The number of ether oxygens (including phenoxy) is 1. The summed E-state index contributed by atoms with van der Waals surface area (Å²) in [5.74, 6) is 0.690. The number of thiazole rings is 1. The van der Waals surface area contributed by atoms with Crippen LogP contribution in [0.1, 0.15) is 33.4 Å². The zero-order valence-corrected chi connectivity index (χ0v) is 18.6. The second-order valence-corrected chi connectivity index (χ2v) is 8.59. The van der Waals surface area contributed by atoms with E-state index >= 15 is 0 Å². The number of amides is 1. The third kappa shape index (κ3) is 4.29. The van der Waals surface area contributed by atoms with Gasteiger partial charge in [0.25, 0.3) is 5.91 Å². The summed E-state index contributed by atoms with van der Waals surface area (Å²) in [6, 6.07) is 9.75. The van der Waals surface area contributed by atoms with Crippen molar-refractivity contribution in [1.29, 1.82) is 0 Å². The van der Waals surface area contributed by atoms with Crippen LogP contribution in [0, 0.1) is 13.8 Å². The first-order valence-corrected chi connectivity index (χ1v) is 11.4. The number of nitrogens with one attached hydrogen (secondary N) is 1. The molecule has 0 aliphatic carbocycles. The van der Waals surface area contributed by atoms with E-state index < -0.39 is 0 Å². The Morgan fingerprint density at radius 2 is 2.03 bits per heavy atom. The molecule has 4 aromatic rings. The van der Waals surface area contributed by atoms with Gasteiger partial charge in [0.15, 0.2) is 5.13 Å². The van der Waals surface area contributed by atoms with Crippen LogP contribution in [-0.4, -0.2) is 20.7 Å². The highest BCUT2D eigenvalue weighted by atomic mass is 32.1. The van der Waals surface area contributed by atoms with Gasteiger partial charge >= 0.3 is 0 Å². The summed E-state index contributed by atoms with van der Waals surface area (Å²) in [5, 5.41) is 11.7. The lowest BCUT2D eigenvalue weighted by Crippen LogP contribution is -2.10. The van der Waals surface area contributed by atoms with Crippen molar-refractivity contribution in [2.45, 2.75) is 33.9 Å². The lowest BCUT2D eigenvalue weighted by atomic mass is 10.2. The number of anilines is 1. The topological polar surface area (TPSA) is 69.0 Å². The van der Waals surface area contributed by atoms with Gasteiger partial charge in [-0.05, 0) is 43.8 Å². The predicted molar refractivity (Wildman–Crippen MR) is 122 cm³/mol. The van der Waals surface area contributed by atoms with Gasteiger partial charge in [-0.15, -0.1) is 22.7 Å². The summed E-state index contributed by atoms with van der Waals surface area (Å²) in [5.41, 5.74) is 4.93. The van der Waals surface area contributed by atoms with Gasteiger partial charge in [-0.2, -0.15) is 5.10 Å². The van der Waals surface area contributed by atoms with Gasteiger partial charge in [-0.3, -0.25) is 14.8 Å². The Labute approximate surface area is 183 Å². The number of benzene rings is 1. The number of rotatable bonds is 7. The zero-order chi connectivity index (χ0) is 21.1. The van der Waals surface area contributed by atoms with E-state index in [1.54, 1.807) is 0 Å². The van der Waals surface area contributed by atoms with Crippen LogP contribution >= 0.6 is 22.7 Å². The molecule has 0 unspecified atom stereocenters. The van der Waals surface area contributed by atoms with Crippen LogP contribution in [0.3, 0.4) is 0 Å². The molecule has 1 aromatic carbocycles. The van der Waals surface area contributed by atoms with Gasteiger partial charge < -0.3 is 4.74 Å². The molecule has 6 nitrogen and oxygen atoms in total. The van der Waals surface area contributed by atoms with E-state index in [-0.39, 0.29) is 5.91 Å². The molecule has 0 saturated carbocycles. The summed E-state index contributed by atoms with van der Waals surface area (Å²) in [6.45, 7) is 7.33. The standard InChI is InChI=1S/C22H22N4O2S2/c1-4-26-15(3)17(10-23-26)18-13-30-22(24-18)25-21(27)20-9-16(12-29-20)11-28-19-8-6-5-7-14(19)2/h5-10,12-13H,4,11H2,1-3H3,(H,24,25,27). The molecule has 0 radical (unpaired) electrons. The fourth-order valence-corrected chi connectivity index (χ4v) is 4.58. The molecule has 8 heteroatoms. The maximum atomic E-state index is 12.6. The molecule has 0 atom stereocenters. The lowest BCUT2D eigenvalue weighted by molar-refractivity contribution is 0.103. The van der Waals surface area contributed by atoms with Gasteiger partial charge in [0.2, 0.25) is 0 Å². The largest absolute Gasteiger partial charge is 0.489 e. The summed E-state index contributed by atoms with van der Waals surface area (Å²) >= 11 is 2.81. The first kappa shape index (κ1) is 20.3. The van der Waals surface area contributed by atoms with Gasteiger partial charge in [0, 0.05) is 28.7 Å². The van der Waals surface area contributed by atoms with Crippen molar-refractivity contribution in [3.05, 3.63) is 69.0 Å². The van der Waals surface area contributed by atoms with E-state index in [0.717, 1.165) is 40.4 Å². The summed E-state index contributed by atoms with van der Waals surface area (Å²) in [7, 11) is 0. The Balaban J connectivity index is 1.39. The second-order valence-electron chi connectivity index (χ2n) is 6.82. The van der Waals surface area contributed by atoms with Gasteiger partial charge in [0.05, 0.1) is 16.8 Å². The van der Waals surface area contributed by atoms with Gasteiger partial charge in [-0.1, -0.05) is 18.2 Å². The van der Waals surface area contributed by atoms with Crippen molar-refractivity contribution in [3.63, 3.8) is 0 Å². The predicted octanol–water partition coefficient (Wildman–Crippen LogP) is 5.54. The monoisotopic (exact) mass is 438 g/mol. The molecule has 4 rings (SSSR count). The molecule has 0 bridgehead atoms. The first-order chi connectivity index (χ1) is 14.5. The van der Waals surface area contributed by atoms with E-state index in [2.05, 4.69) is 22.3 Å². The van der Waals surface area contributed by atoms with Gasteiger partial charge in [-0.25, -0.2) is 4.98 Å². The fraction of sp³-hybridized carbons (Fsp3) is 0.227. The van der Waals surface area contributed by atoms with E-state index in [0.29, 0.717) is 16.6 Å². The average Bonchev–Trinajstić information content (AvgIpc) is 3.47. The van der Waals surface area contributed by atoms with E-state index in [1.807, 2.05) is 65.8 Å². The third-order valence-electron chi connectivity index (χ3n) is 4.77. The number of nitrogens with zero attached hydrogens (tertiary/aromatic N) is 3. The Bertz CT molecular complexity index is 1180. The Morgan fingerprint density at radius 1 is 1.20 bits per heavy atom. The van der Waals surface area contributed by atoms with Crippen LogP contribution in [0.2, 0.25) is 0 Å². The molecule has 1 N–H and O–H groups in total. The molecule has 3 aromatic heterocycles. The number of aromatic nitrogens is 3. The van der Waals surface area contributed by atoms with Crippen LogP contribution in [0.5, 0.6) is 5.75 Å². The zero-order valence-electron chi connectivity index (χ0n) is 17.0. The fourth-order valence-electron chi connectivity index (χ4n) is 3.08. The molecule has 0 saturated heterocycles. The van der Waals surface area contributed by atoms with Crippen molar-refractivity contribution in [3.8, 4) is 17.0 Å². The summed E-state index contributed by atoms with van der Waals surface area (Å²) < 4.78 is 7.80. The maximum absolute atomic E-state index is 12.6. The highest BCUT2D eigenvalue weighted by Gasteiger charge is 2.15. The smallest absolute Gasteiger partial charge is 0.267 e. The molecule has 0 aliphatic heterocycles. The van der Waals surface area contributed by atoms with Crippen molar-refractivity contribution >= 4 is 33.7 Å². The number of para-hydroxylation sites is 1. The Kier molecular flexibility index (Phi) is 5.96. The van der Waals surface area contributed by atoms with Crippen LogP contribution < -0.4 is 10.1 Å². The molecule has 0 fully saturated rings. The molecular formula is C22H22N4O2S2. The van der Waals surface area contributed by atoms with Crippen LogP contribution in [0.15, 0.2) is 47.3 Å². The average molecular weight is 439 g/mol. The van der Waals surface area contributed by atoms with Crippen LogP contribution in [0.25, 0.3) is 11.3 Å². The molecule has 3 heterocycles. The minimum Gasteiger partial charge on any atom is -0.489 e. The van der Waals surface area contributed by atoms with Crippen LogP contribution in [-0.2, 0) is 13.2 Å². The summed E-state index contributed by atoms with van der Waals surface area (Å²) in [4.78, 5) is 17.8. The first-order valence-electron chi connectivity index (χ1n) is 9.60.